The summed E-state index contributed by atoms with van der Waals surface area (Å²) in [4.78, 5) is 17.4. The summed E-state index contributed by atoms with van der Waals surface area (Å²) in [5.74, 6) is 0.539. The number of fused-ring (bicyclic) bond motifs is 1. The number of H-pyrrole nitrogens is 1. The molecule has 0 spiro atoms. The molecule has 1 N–H and O–H groups in total. The molecule has 0 saturated carbocycles. The number of hydrogen-bond donors (Lipinski definition) is 1. The van der Waals surface area contributed by atoms with Crippen LogP contribution in [0.25, 0.3) is 10.9 Å². The van der Waals surface area contributed by atoms with Crippen molar-refractivity contribution in [1.29, 1.82) is 0 Å². The summed E-state index contributed by atoms with van der Waals surface area (Å²) in [5, 5.41) is 0.968. The Bertz CT molecular complexity index is 712. The van der Waals surface area contributed by atoms with E-state index < -0.39 is 0 Å². The summed E-state index contributed by atoms with van der Waals surface area (Å²) >= 11 is 0. The fraction of sp³-hybridized carbons (Fsp3) is 0.526. The number of likely N-dealkylation sites (tertiary alicyclic amines) is 1. The molecule has 0 atom stereocenters. The number of benzene rings is 1. The number of carbonyl (C=O) groups excluding carboxylic acids is 1. The maximum Gasteiger partial charge on any atom is 1.00 e. The molecule has 7 heteroatoms. The number of nitrogens with one attached hydrogen (secondary N) is 1. The van der Waals surface area contributed by atoms with E-state index in [0.29, 0.717) is 18.3 Å². The number of rotatable bonds is 5. The zero-order valence-corrected chi connectivity index (χ0v) is 16.8. The van der Waals surface area contributed by atoms with Crippen LogP contribution in [0.15, 0.2) is 24.3 Å². The summed E-state index contributed by atoms with van der Waals surface area (Å²) < 4.78 is 11.2. The average molecular weight is 373 g/mol. The van der Waals surface area contributed by atoms with E-state index in [-0.39, 0.29) is 43.3 Å². The second kappa shape index (κ2) is 10.3. The van der Waals surface area contributed by atoms with Gasteiger partial charge in [0.25, 0.3) is 0 Å². The van der Waals surface area contributed by atoms with E-state index in [1.54, 1.807) is 6.92 Å². The van der Waals surface area contributed by atoms with Gasteiger partial charge in [-0.2, -0.15) is 0 Å². The number of carbonyl (C=O) groups is 1. The van der Waals surface area contributed by atoms with Gasteiger partial charge in [0, 0.05) is 30.0 Å². The van der Waals surface area contributed by atoms with E-state index in [0.717, 1.165) is 42.6 Å². The molecular formula is C19H26ClLiN2O3. The number of aromatic nitrogens is 1. The van der Waals surface area contributed by atoms with Gasteiger partial charge in [0.05, 0.1) is 6.61 Å². The maximum absolute atomic E-state index is 11.8. The Morgan fingerprint density at radius 1 is 1.27 bits per heavy atom. The second-order valence-corrected chi connectivity index (χ2v) is 6.60. The van der Waals surface area contributed by atoms with E-state index in [4.69, 9.17) is 9.47 Å². The summed E-state index contributed by atoms with van der Waals surface area (Å²) in [5.41, 5.74) is 1.40. The van der Waals surface area contributed by atoms with Crippen LogP contribution in [0, 0.1) is 0 Å². The van der Waals surface area contributed by atoms with E-state index in [2.05, 4.69) is 23.7 Å². The van der Waals surface area contributed by atoms with Gasteiger partial charge < -0.3 is 31.8 Å². The molecule has 1 fully saturated rings. The summed E-state index contributed by atoms with van der Waals surface area (Å²) in [7, 11) is 0. The van der Waals surface area contributed by atoms with Gasteiger partial charge in [-0.05, 0) is 57.9 Å². The Morgan fingerprint density at radius 3 is 2.58 bits per heavy atom. The van der Waals surface area contributed by atoms with Crippen LogP contribution in [0.2, 0.25) is 0 Å². The van der Waals surface area contributed by atoms with Gasteiger partial charge in [-0.1, -0.05) is 0 Å². The first kappa shape index (κ1) is 22.9. The zero-order chi connectivity index (χ0) is 17.1. The van der Waals surface area contributed by atoms with Crippen molar-refractivity contribution < 1.29 is 45.5 Å². The van der Waals surface area contributed by atoms with Crippen molar-refractivity contribution in [2.75, 3.05) is 19.7 Å². The van der Waals surface area contributed by atoms with Crippen LogP contribution in [0.4, 0.5) is 0 Å². The van der Waals surface area contributed by atoms with Gasteiger partial charge in [0.15, 0.2) is 0 Å². The average Bonchev–Trinajstić information content (AvgIpc) is 2.99. The smallest absolute Gasteiger partial charge is 1.00 e. The van der Waals surface area contributed by atoms with Crippen molar-refractivity contribution >= 4 is 16.9 Å². The predicted molar refractivity (Wildman–Crippen MR) is 94.6 cm³/mol. The molecule has 2 aromatic rings. The number of piperidine rings is 1. The molecule has 1 aromatic carbocycles. The molecule has 0 amide bonds. The molecule has 138 valence electrons. The Morgan fingerprint density at radius 2 is 1.96 bits per heavy atom. The van der Waals surface area contributed by atoms with Crippen molar-refractivity contribution in [1.82, 2.24) is 9.88 Å². The topological polar surface area (TPSA) is 54.6 Å². The molecule has 5 nitrogen and oxygen atoms in total. The number of nitrogens with zero attached hydrogens (tertiary/aromatic N) is 1. The standard InChI is InChI=1S/C19H26N2O3.ClH.Li/c1-4-23-19(22)18-12-14-11-16(5-6-17(14)20-18)24-15-7-9-21(10-8-15)13(2)3;;/h5-6,11-13,15,20H,4,7-10H2,1-3H3;1H;/q;;+1/p-1. The maximum atomic E-state index is 11.8. The van der Waals surface area contributed by atoms with E-state index in [1.807, 2.05) is 24.3 Å². The number of halogens is 1. The molecular weight excluding hydrogens is 347 g/mol. The normalized spacial score (nSPS) is 15.4. The molecule has 0 radical (unpaired) electrons. The first-order valence-corrected chi connectivity index (χ1v) is 8.77. The van der Waals surface area contributed by atoms with Gasteiger partial charge in [-0.15, -0.1) is 0 Å². The molecule has 1 aromatic heterocycles. The van der Waals surface area contributed by atoms with Crippen molar-refractivity contribution in [3.63, 3.8) is 0 Å². The van der Waals surface area contributed by atoms with Crippen molar-refractivity contribution in [3.05, 3.63) is 30.0 Å². The van der Waals surface area contributed by atoms with Crippen LogP contribution in [0.1, 0.15) is 44.1 Å². The Kier molecular flexibility index (Phi) is 9.06. The minimum atomic E-state index is -0.322. The van der Waals surface area contributed by atoms with Crippen LogP contribution >= 0.6 is 0 Å². The number of esters is 1. The zero-order valence-electron chi connectivity index (χ0n) is 16.0. The summed E-state index contributed by atoms with van der Waals surface area (Å²) in [6.45, 7) is 8.82. The Labute approximate surface area is 173 Å². The Hall–Kier alpha value is -1.12. The summed E-state index contributed by atoms with van der Waals surface area (Å²) in [6, 6.07) is 8.33. The number of aromatic amines is 1. The predicted octanol–water partition coefficient (Wildman–Crippen LogP) is -2.40. The van der Waals surface area contributed by atoms with Gasteiger partial charge >= 0.3 is 24.8 Å². The molecule has 0 aliphatic carbocycles. The minimum Gasteiger partial charge on any atom is -1.00 e. The van der Waals surface area contributed by atoms with Gasteiger partial charge in [0.2, 0.25) is 0 Å². The van der Waals surface area contributed by atoms with Crippen LogP contribution in [0.3, 0.4) is 0 Å². The fourth-order valence-corrected chi connectivity index (χ4v) is 3.21. The van der Waals surface area contributed by atoms with Gasteiger partial charge in [-0.3, -0.25) is 0 Å². The van der Waals surface area contributed by atoms with Crippen LogP contribution in [-0.2, 0) is 4.74 Å². The van der Waals surface area contributed by atoms with Gasteiger partial charge in [0.1, 0.15) is 17.5 Å². The molecule has 0 unspecified atom stereocenters. The molecule has 0 bridgehead atoms. The first-order chi connectivity index (χ1) is 11.6. The Balaban J connectivity index is 0.00000169. The fourth-order valence-electron chi connectivity index (χ4n) is 3.21. The van der Waals surface area contributed by atoms with Crippen LogP contribution < -0.4 is 36.0 Å². The molecule has 1 aliphatic rings. The van der Waals surface area contributed by atoms with Crippen LogP contribution in [-0.4, -0.2) is 47.7 Å². The van der Waals surface area contributed by atoms with Crippen molar-refractivity contribution in [2.45, 2.75) is 45.8 Å². The van der Waals surface area contributed by atoms with E-state index in [9.17, 15) is 4.79 Å². The van der Waals surface area contributed by atoms with E-state index >= 15 is 0 Å². The second-order valence-electron chi connectivity index (χ2n) is 6.60. The molecule has 2 heterocycles. The first-order valence-electron chi connectivity index (χ1n) is 8.77. The van der Waals surface area contributed by atoms with E-state index in [1.165, 1.54) is 0 Å². The van der Waals surface area contributed by atoms with Gasteiger partial charge in [-0.25, -0.2) is 4.79 Å². The summed E-state index contributed by atoms with van der Waals surface area (Å²) in [6.07, 6.45) is 2.37. The monoisotopic (exact) mass is 372 g/mol. The SMILES string of the molecule is CCOC(=O)c1cc2cc(OC3CCN(C(C)C)CC3)ccc2[nH]1.[Cl-].[Li+]. The molecule has 26 heavy (non-hydrogen) atoms. The molecule has 3 rings (SSSR count). The van der Waals surface area contributed by atoms with Crippen LogP contribution in [0.5, 0.6) is 5.75 Å². The number of ether oxygens (including phenoxy) is 2. The number of hydrogen-bond acceptors (Lipinski definition) is 4. The third kappa shape index (κ3) is 5.44. The molecule has 1 aliphatic heterocycles. The minimum absolute atomic E-state index is 0. The van der Waals surface area contributed by atoms with Crippen molar-refractivity contribution in [2.24, 2.45) is 0 Å². The third-order valence-corrected chi connectivity index (χ3v) is 4.60. The van der Waals surface area contributed by atoms with Crippen molar-refractivity contribution in [3.8, 4) is 5.75 Å². The molecule has 1 saturated heterocycles. The quantitative estimate of drug-likeness (QED) is 0.470. The largest absolute Gasteiger partial charge is 1.00 e. The third-order valence-electron chi connectivity index (χ3n) is 4.60.